The molecule has 1 aliphatic rings. The van der Waals surface area contributed by atoms with Crippen LogP contribution in [0.1, 0.15) is 31.7 Å². The first-order valence-corrected chi connectivity index (χ1v) is 8.63. The van der Waals surface area contributed by atoms with E-state index in [-0.39, 0.29) is 5.91 Å². The number of amides is 1. The highest BCUT2D eigenvalue weighted by Gasteiger charge is 2.21. The van der Waals surface area contributed by atoms with Crippen molar-refractivity contribution in [3.05, 3.63) is 42.6 Å². The quantitative estimate of drug-likeness (QED) is 0.850. The zero-order chi connectivity index (χ0) is 16.8. The molecule has 0 aliphatic carbocycles. The molecule has 6 nitrogen and oxygen atoms in total. The number of carbonyl (C=O) groups is 1. The number of hydrogen-bond donors (Lipinski definition) is 2. The number of imidazole rings is 1. The van der Waals surface area contributed by atoms with E-state index in [9.17, 15) is 4.79 Å². The first-order chi connectivity index (χ1) is 11.7. The van der Waals surface area contributed by atoms with Crippen molar-refractivity contribution in [3.63, 3.8) is 0 Å². The fourth-order valence-electron chi connectivity index (χ4n) is 3.25. The van der Waals surface area contributed by atoms with Gasteiger partial charge in [0.2, 0.25) is 5.91 Å². The summed E-state index contributed by atoms with van der Waals surface area (Å²) in [6.07, 6.45) is 9.99. The fourth-order valence-corrected chi connectivity index (χ4v) is 3.25. The van der Waals surface area contributed by atoms with Crippen LogP contribution in [-0.4, -0.2) is 33.5 Å². The Bertz CT molecular complexity index is 649. The zero-order valence-electron chi connectivity index (χ0n) is 14.1. The Labute approximate surface area is 142 Å². The van der Waals surface area contributed by atoms with E-state index in [1.807, 2.05) is 22.9 Å². The molecular weight excluding hydrogens is 302 g/mol. The van der Waals surface area contributed by atoms with Gasteiger partial charge in [-0.2, -0.15) is 0 Å². The van der Waals surface area contributed by atoms with Crippen LogP contribution in [0.25, 0.3) is 5.82 Å². The van der Waals surface area contributed by atoms with Crippen molar-refractivity contribution in [2.75, 3.05) is 13.1 Å². The molecule has 1 saturated heterocycles. The Hall–Kier alpha value is -2.21. The number of rotatable bonds is 6. The van der Waals surface area contributed by atoms with Crippen molar-refractivity contribution >= 4 is 5.91 Å². The van der Waals surface area contributed by atoms with Gasteiger partial charge in [0, 0.05) is 31.6 Å². The van der Waals surface area contributed by atoms with E-state index in [1.54, 1.807) is 18.7 Å². The Morgan fingerprint density at radius 1 is 1.42 bits per heavy atom. The van der Waals surface area contributed by atoms with Gasteiger partial charge >= 0.3 is 0 Å². The lowest BCUT2D eigenvalue weighted by molar-refractivity contribution is -0.122. The maximum Gasteiger partial charge on any atom is 0.220 e. The second kappa shape index (κ2) is 8.06. The molecule has 2 aromatic rings. The third-order valence-corrected chi connectivity index (χ3v) is 4.76. The summed E-state index contributed by atoms with van der Waals surface area (Å²) >= 11 is 0. The predicted octanol–water partition coefficient (Wildman–Crippen LogP) is 1.91. The van der Waals surface area contributed by atoms with Crippen LogP contribution in [0.15, 0.2) is 37.1 Å². The van der Waals surface area contributed by atoms with E-state index in [0.29, 0.717) is 24.8 Å². The molecule has 2 N–H and O–H groups in total. The number of carbonyl (C=O) groups excluding carboxylic acids is 1. The summed E-state index contributed by atoms with van der Waals surface area (Å²) in [6, 6.07) is 3.90. The van der Waals surface area contributed by atoms with E-state index in [2.05, 4.69) is 27.5 Å². The minimum atomic E-state index is 0.127. The average Bonchev–Trinajstić information content (AvgIpc) is 3.16. The summed E-state index contributed by atoms with van der Waals surface area (Å²) in [4.78, 5) is 20.6. The largest absolute Gasteiger partial charge is 0.352 e. The minimum Gasteiger partial charge on any atom is -0.352 e. The smallest absolute Gasteiger partial charge is 0.220 e. The summed E-state index contributed by atoms with van der Waals surface area (Å²) in [7, 11) is 0. The molecule has 24 heavy (non-hydrogen) atoms. The first kappa shape index (κ1) is 16.6. The SMILES string of the molecule is CC(CC(=O)NCc1ccnc(-n2ccnc2)c1)C1CCNCC1. The maximum atomic E-state index is 12.2. The van der Waals surface area contributed by atoms with E-state index in [1.165, 1.54) is 12.8 Å². The van der Waals surface area contributed by atoms with Crippen LogP contribution in [0.3, 0.4) is 0 Å². The maximum absolute atomic E-state index is 12.2. The van der Waals surface area contributed by atoms with Gasteiger partial charge in [-0.1, -0.05) is 6.92 Å². The number of pyridine rings is 1. The standard InChI is InChI=1S/C18H25N5O/c1-14(16-3-5-19-6-4-16)10-18(24)22-12-15-2-7-21-17(11-15)23-9-8-20-13-23/h2,7-9,11,13-14,16,19H,3-6,10,12H2,1H3,(H,22,24). The Balaban J connectivity index is 1.50. The van der Waals surface area contributed by atoms with Crippen molar-refractivity contribution < 1.29 is 4.79 Å². The third-order valence-electron chi connectivity index (χ3n) is 4.76. The van der Waals surface area contributed by atoms with Crippen LogP contribution in [-0.2, 0) is 11.3 Å². The highest BCUT2D eigenvalue weighted by Crippen LogP contribution is 2.24. The fraction of sp³-hybridized carbons (Fsp3) is 0.500. The van der Waals surface area contributed by atoms with Gasteiger partial charge < -0.3 is 10.6 Å². The zero-order valence-corrected chi connectivity index (χ0v) is 14.1. The molecule has 1 aliphatic heterocycles. The highest BCUT2D eigenvalue weighted by molar-refractivity contribution is 5.76. The predicted molar refractivity (Wildman–Crippen MR) is 92.6 cm³/mol. The Morgan fingerprint density at radius 2 is 2.25 bits per heavy atom. The molecule has 3 heterocycles. The molecular formula is C18H25N5O. The van der Waals surface area contributed by atoms with Gasteiger partial charge in [0.05, 0.1) is 0 Å². The Morgan fingerprint density at radius 3 is 3.00 bits per heavy atom. The van der Waals surface area contributed by atoms with E-state index >= 15 is 0 Å². The van der Waals surface area contributed by atoms with Crippen LogP contribution in [0.2, 0.25) is 0 Å². The molecule has 1 fully saturated rings. The summed E-state index contributed by atoms with van der Waals surface area (Å²) in [5.74, 6) is 2.03. The van der Waals surface area contributed by atoms with Gasteiger partial charge in [-0.25, -0.2) is 9.97 Å². The molecule has 1 unspecified atom stereocenters. The van der Waals surface area contributed by atoms with Gasteiger partial charge in [-0.05, 0) is 55.5 Å². The van der Waals surface area contributed by atoms with Crippen LogP contribution < -0.4 is 10.6 Å². The molecule has 6 heteroatoms. The van der Waals surface area contributed by atoms with Gasteiger partial charge in [0.1, 0.15) is 12.1 Å². The highest BCUT2D eigenvalue weighted by atomic mass is 16.1. The molecule has 1 amide bonds. The number of nitrogens with one attached hydrogen (secondary N) is 2. The molecule has 1 atom stereocenters. The number of aromatic nitrogens is 3. The van der Waals surface area contributed by atoms with E-state index < -0.39 is 0 Å². The van der Waals surface area contributed by atoms with Gasteiger partial charge in [-0.3, -0.25) is 9.36 Å². The van der Waals surface area contributed by atoms with Gasteiger partial charge in [0.25, 0.3) is 0 Å². The molecule has 128 valence electrons. The van der Waals surface area contributed by atoms with Crippen LogP contribution >= 0.6 is 0 Å². The summed E-state index contributed by atoms with van der Waals surface area (Å²) < 4.78 is 1.85. The lowest BCUT2D eigenvalue weighted by atomic mass is 9.84. The minimum absolute atomic E-state index is 0.127. The van der Waals surface area contributed by atoms with Gasteiger partial charge in [0.15, 0.2) is 0 Å². The number of nitrogens with zero attached hydrogens (tertiary/aromatic N) is 3. The molecule has 0 aromatic carbocycles. The molecule has 0 bridgehead atoms. The van der Waals surface area contributed by atoms with E-state index in [0.717, 1.165) is 24.5 Å². The van der Waals surface area contributed by atoms with Crippen molar-refractivity contribution in [3.8, 4) is 5.82 Å². The third kappa shape index (κ3) is 4.41. The summed E-state index contributed by atoms with van der Waals surface area (Å²) in [5, 5.41) is 6.41. The van der Waals surface area contributed by atoms with Crippen molar-refractivity contribution in [2.45, 2.75) is 32.7 Å². The van der Waals surface area contributed by atoms with Crippen molar-refractivity contribution in [1.29, 1.82) is 0 Å². The first-order valence-electron chi connectivity index (χ1n) is 8.63. The monoisotopic (exact) mass is 327 g/mol. The average molecular weight is 327 g/mol. The molecule has 0 spiro atoms. The summed E-state index contributed by atoms with van der Waals surface area (Å²) in [5.41, 5.74) is 1.04. The number of hydrogen-bond acceptors (Lipinski definition) is 4. The molecule has 0 saturated carbocycles. The van der Waals surface area contributed by atoms with Crippen LogP contribution in [0, 0.1) is 11.8 Å². The second-order valence-electron chi connectivity index (χ2n) is 6.54. The summed E-state index contributed by atoms with van der Waals surface area (Å²) in [6.45, 7) is 4.87. The van der Waals surface area contributed by atoms with Crippen molar-refractivity contribution in [2.24, 2.45) is 11.8 Å². The normalized spacial score (nSPS) is 16.7. The van der Waals surface area contributed by atoms with Crippen LogP contribution in [0.4, 0.5) is 0 Å². The van der Waals surface area contributed by atoms with Crippen LogP contribution in [0.5, 0.6) is 0 Å². The molecule has 0 radical (unpaired) electrons. The molecule has 2 aromatic heterocycles. The molecule has 3 rings (SSSR count). The Kier molecular flexibility index (Phi) is 5.59. The van der Waals surface area contributed by atoms with Crippen molar-refractivity contribution in [1.82, 2.24) is 25.2 Å². The second-order valence-corrected chi connectivity index (χ2v) is 6.54. The van der Waals surface area contributed by atoms with Gasteiger partial charge in [-0.15, -0.1) is 0 Å². The number of piperidine rings is 1. The lowest BCUT2D eigenvalue weighted by Gasteiger charge is -2.27. The topological polar surface area (TPSA) is 71.8 Å². The van der Waals surface area contributed by atoms with E-state index in [4.69, 9.17) is 0 Å². The lowest BCUT2D eigenvalue weighted by Crippen LogP contribution is -2.33.